The molecule has 0 saturated heterocycles. The number of rotatable bonds is 3. The van der Waals surface area contributed by atoms with E-state index < -0.39 is 10.0 Å². The van der Waals surface area contributed by atoms with Gasteiger partial charge >= 0.3 is 0 Å². The Balaban J connectivity index is 2.43. The lowest BCUT2D eigenvalue weighted by molar-refractivity contribution is 0.601. The Kier molecular flexibility index (Phi) is 4.27. The van der Waals surface area contributed by atoms with E-state index in [0.29, 0.717) is 10.2 Å². The minimum Gasteiger partial charge on any atom is -0.398 e. The molecule has 0 heterocycles. The van der Waals surface area contributed by atoms with Crippen molar-refractivity contribution in [2.45, 2.75) is 11.8 Å². The van der Waals surface area contributed by atoms with Crippen molar-refractivity contribution >= 4 is 48.9 Å². The Bertz CT molecular complexity index is 746. The monoisotopic (exact) mass is 374 g/mol. The van der Waals surface area contributed by atoms with Gasteiger partial charge in [-0.1, -0.05) is 29.3 Å². The minimum atomic E-state index is -3.76. The minimum absolute atomic E-state index is 0.00285. The molecule has 0 aliphatic carbocycles. The third kappa shape index (κ3) is 3.26. The van der Waals surface area contributed by atoms with Gasteiger partial charge in [-0.05, 0) is 47.1 Å². The molecule has 0 atom stereocenters. The highest BCUT2D eigenvalue weighted by atomic mass is 79.9. The number of halogens is 2. The average Bonchev–Trinajstić information content (AvgIpc) is 2.36. The van der Waals surface area contributed by atoms with E-state index in [1.165, 1.54) is 12.1 Å². The first-order valence-electron chi connectivity index (χ1n) is 5.63. The number of nitrogen functional groups attached to an aromatic ring is 1. The van der Waals surface area contributed by atoms with Crippen molar-refractivity contribution < 1.29 is 8.42 Å². The van der Waals surface area contributed by atoms with E-state index in [1.54, 1.807) is 12.1 Å². The Hall–Kier alpha value is -1.24. The number of benzene rings is 2. The second-order valence-corrected chi connectivity index (χ2v) is 7.16. The molecule has 0 aliphatic heterocycles. The Labute approximate surface area is 131 Å². The van der Waals surface area contributed by atoms with Crippen molar-refractivity contribution in [2.24, 2.45) is 0 Å². The number of sulfonamides is 1. The van der Waals surface area contributed by atoms with E-state index in [0.717, 1.165) is 5.56 Å². The van der Waals surface area contributed by atoms with Gasteiger partial charge in [0.2, 0.25) is 0 Å². The van der Waals surface area contributed by atoms with Crippen LogP contribution in [-0.2, 0) is 10.0 Å². The molecule has 0 aromatic heterocycles. The summed E-state index contributed by atoms with van der Waals surface area (Å²) >= 11 is 9.03. The summed E-state index contributed by atoms with van der Waals surface area (Å²) in [6.07, 6.45) is 0. The van der Waals surface area contributed by atoms with Crippen LogP contribution < -0.4 is 10.5 Å². The highest BCUT2D eigenvalue weighted by molar-refractivity contribution is 9.10. The molecule has 7 heteroatoms. The van der Waals surface area contributed by atoms with E-state index in [1.807, 2.05) is 19.1 Å². The van der Waals surface area contributed by atoms with Crippen LogP contribution in [0.4, 0.5) is 11.4 Å². The number of hydrogen-bond donors (Lipinski definition) is 2. The van der Waals surface area contributed by atoms with Crippen molar-refractivity contribution in [3.05, 3.63) is 51.5 Å². The largest absolute Gasteiger partial charge is 0.398 e. The van der Waals surface area contributed by atoms with Gasteiger partial charge in [0.25, 0.3) is 10.0 Å². The maximum atomic E-state index is 12.4. The van der Waals surface area contributed by atoms with Crippen LogP contribution in [0.2, 0.25) is 5.02 Å². The summed E-state index contributed by atoms with van der Waals surface area (Å²) in [7, 11) is -3.76. The molecule has 0 fully saturated rings. The number of hydrogen-bond acceptors (Lipinski definition) is 3. The zero-order valence-corrected chi connectivity index (χ0v) is 13.7. The standard InChI is InChI=1S/C13H12BrClN2O2S/c1-8-2-4-10(5-3-8)17-20(18,19)12-7-9(15)6-11(16)13(12)14/h2-7,17H,16H2,1H3. The predicted octanol–water partition coefficient (Wildman–Crippen LogP) is 3.79. The van der Waals surface area contributed by atoms with Crippen molar-refractivity contribution in [3.8, 4) is 0 Å². The molecular weight excluding hydrogens is 364 g/mol. The molecule has 0 saturated carbocycles. The lowest BCUT2D eigenvalue weighted by Crippen LogP contribution is -2.14. The molecular formula is C13H12BrClN2O2S. The summed E-state index contributed by atoms with van der Waals surface area (Å²) in [6.45, 7) is 1.92. The van der Waals surface area contributed by atoms with Gasteiger partial charge in [-0.15, -0.1) is 0 Å². The SMILES string of the molecule is Cc1ccc(NS(=O)(=O)c2cc(Cl)cc(N)c2Br)cc1. The predicted molar refractivity (Wildman–Crippen MR) is 85.6 cm³/mol. The smallest absolute Gasteiger partial charge is 0.263 e. The first-order valence-corrected chi connectivity index (χ1v) is 8.29. The maximum Gasteiger partial charge on any atom is 0.263 e. The summed E-state index contributed by atoms with van der Waals surface area (Å²) < 4.78 is 27.5. The van der Waals surface area contributed by atoms with Gasteiger partial charge in [0.1, 0.15) is 4.90 Å². The normalized spacial score (nSPS) is 11.3. The van der Waals surface area contributed by atoms with E-state index in [9.17, 15) is 8.42 Å². The van der Waals surface area contributed by atoms with Crippen molar-refractivity contribution in [2.75, 3.05) is 10.5 Å². The van der Waals surface area contributed by atoms with Gasteiger partial charge in [0.15, 0.2) is 0 Å². The van der Waals surface area contributed by atoms with Crippen molar-refractivity contribution in [3.63, 3.8) is 0 Å². The second kappa shape index (κ2) is 5.63. The number of nitrogens with one attached hydrogen (secondary N) is 1. The number of anilines is 2. The Morgan fingerprint density at radius 3 is 2.40 bits per heavy atom. The van der Waals surface area contributed by atoms with Gasteiger partial charge in [0.05, 0.1) is 4.47 Å². The van der Waals surface area contributed by atoms with Crippen LogP contribution in [0.5, 0.6) is 0 Å². The average molecular weight is 376 g/mol. The van der Waals surface area contributed by atoms with Gasteiger partial charge in [-0.2, -0.15) is 0 Å². The van der Waals surface area contributed by atoms with Gasteiger partial charge in [-0.3, -0.25) is 4.72 Å². The summed E-state index contributed by atoms with van der Waals surface area (Å²) in [5, 5.41) is 0.259. The van der Waals surface area contributed by atoms with Crippen LogP contribution in [0.25, 0.3) is 0 Å². The van der Waals surface area contributed by atoms with Gasteiger partial charge in [-0.25, -0.2) is 8.42 Å². The van der Waals surface area contributed by atoms with Crippen LogP contribution in [0, 0.1) is 6.92 Å². The van der Waals surface area contributed by atoms with Crippen molar-refractivity contribution in [1.82, 2.24) is 0 Å². The van der Waals surface area contributed by atoms with E-state index in [-0.39, 0.29) is 15.6 Å². The fraction of sp³-hybridized carbons (Fsp3) is 0.0769. The quantitative estimate of drug-likeness (QED) is 0.802. The van der Waals surface area contributed by atoms with Crippen LogP contribution in [0.1, 0.15) is 5.56 Å². The first kappa shape index (κ1) is 15.2. The molecule has 2 aromatic rings. The molecule has 0 unspecified atom stereocenters. The van der Waals surface area contributed by atoms with E-state index in [4.69, 9.17) is 17.3 Å². The van der Waals surface area contributed by atoms with Crippen LogP contribution in [0.15, 0.2) is 45.8 Å². The molecule has 4 nitrogen and oxygen atoms in total. The molecule has 2 rings (SSSR count). The third-order valence-electron chi connectivity index (χ3n) is 2.63. The topological polar surface area (TPSA) is 72.2 Å². The van der Waals surface area contributed by atoms with Crippen LogP contribution in [0.3, 0.4) is 0 Å². The summed E-state index contributed by atoms with van der Waals surface area (Å²) in [5.74, 6) is 0. The fourth-order valence-electron chi connectivity index (χ4n) is 1.61. The summed E-state index contributed by atoms with van der Waals surface area (Å²) in [5.41, 5.74) is 7.49. The fourth-order valence-corrected chi connectivity index (χ4v) is 3.96. The summed E-state index contributed by atoms with van der Waals surface area (Å²) in [4.78, 5) is 0.00285. The lowest BCUT2D eigenvalue weighted by atomic mass is 10.2. The summed E-state index contributed by atoms with van der Waals surface area (Å²) in [6, 6.07) is 9.84. The zero-order chi connectivity index (χ0) is 14.9. The van der Waals surface area contributed by atoms with E-state index >= 15 is 0 Å². The lowest BCUT2D eigenvalue weighted by Gasteiger charge is -2.11. The zero-order valence-electron chi connectivity index (χ0n) is 10.5. The Morgan fingerprint density at radius 1 is 1.20 bits per heavy atom. The van der Waals surface area contributed by atoms with Crippen LogP contribution >= 0.6 is 27.5 Å². The molecule has 0 aliphatic rings. The first-order chi connectivity index (χ1) is 9.29. The molecule has 0 radical (unpaired) electrons. The van der Waals surface area contributed by atoms with E-state index in [2.05, 4.69) is 20.7 Å². The second-order valence-electron chi connectivity index (χ2n) is 4.28. The molecule has 20 heavy (non-hydrogen) atoms. The third-order valence-corrected chi connectivity index (χ3v) is 5.40. The van der Waals surface area contributed by atoms with Crippen LogP contribution in [-0.4, -0.2) is 8.42 Å². The van der Waals surface area contributed by atoms with Gasteiger partial charge in [0, 0.05) is 16.4 Å². The highest BCUT2D eigenvalue weighted by Gasteiger charge is 2.20. The highest BCUT2D eigenvalue weighted by Crippen LogP contribution is 2.32. The molecule has 106 valence electrons. The van der Waals surface area contributed by atoms with Crippen molar-refractivity contribution in [1.29, 1.82) is 0 Å². The molecule has 0 amide bonds. The molecule has 0 bridgehead atoms. The van der Waals surface area contributed by atoms with Gasteiger partial charge < -0.3 is 5.73 Å². The molecule has 2 aromatic carbocycles. The maximum absolute atomic E-state index is 12.4. The number of nitrogens with two attached hydrogens (primary N) is 1. The molecule has 0 spiro atoms. The Morgan fingerprint density at radius 2 is 1.80 bits per heavy atom. The molecule has 3 N–H and O–H groups in total. The number of aryl methyl sites for hydroxylation is 1.